The van der Waals surface area contributed by atoms with Gasteiger partial charge in [0.25, 0.3) is 0 Å². The maximum atomic E-state index is 9.16. The largest absolute Gasteiger partial charge is 0.493 e. The van der Waals surface area contributed by atoms with Crippen LogP contribution < -0.4 is 19.5 Å². The fraction of sp³-hybridized carbons (Fsp3) is 0.333. The zero-order valence-electron chi connectivity index (χ0n) is 14.3. The minimum atomic E-state index is 0.261. The average molecular weight is 341 g/mol. The fourth-order valence-corrected chi connectivity index (χ4v) is 2.36. The highest BCUT2D eigenvalue weighted by Crippen LogP contribution is 2.38. The predicted octanol–water partition coefficient (Wildman–Crippen LogP) is 3.32. The van der Waals surface area contributed by atoms with E-state index in [4.69, 9.17) is 23.9 Å². The number of hydrogen-bond acceptors (Lipinski definition) is 7. The molecular formula is C18H19N3O4. The molecule has 0 unspecified atom stereocenters. The smallest absolute Gasteiger partial charge is 0.232 e. The Kier molecular flexibility index (Phi) is 4.80. The van der Waals surface area contributed by atoms with Gasteiger partial charge >= 0.3 is 0 Å². The van der Waals surface area contributed by atoms with Crippen molar-refractivity contribution in [2.45, 2.75) is 18.9 Å². The van der Waals surface area contributed by atoms with Crippen LogP contribution >= 0.6 is 0 Å². The summed E-state index contributed by atoms with van der Waals surface area (Å²) in [6.07, 6.45) is 5.67. The van der Waals surface area contributed by atoms with Gasteiger partial charge in [0.2, 0.25) is 23.2 Å². The average Bonchev–Trinajstić information content (AvgIpc) is 3.37. The Morgan fingerprint density at radius 3 is 2.36 bits per heavy atom. The summed E-state index contributed by atoms with van der Waals surface area (Å²) < 4.78 is 21.6. The molecule has 1 aliphatic carbocycles. The second-order valence-corrected chi connectivity index (χ2v) is 5.55. The second-order valence-electron chi connectivity index (χ2n) is 5.55. The standard InChI is InChI=1S/C18H19N3O4/c1-22-14-8-11(9-15(23-2)17(14)24-3)4-7-16-21-13(10-19)18(25-16)20-12-5-6-12/h4,7-9,12,20H,5-6H2,1-3H3/b7-4+. The van der Waals surface area contributed by atoms with Crippen molar-refractivity contribution in [1.82, 2.24) is 4.98 Å². The number of benzene rings is 1. The number of rotatable bonds is 7. The van der Waals surface area contributed by atoms with Gasteiger partial charge in [0.05, 0.1) is 21.3 Å². The number of anilines is 1. The molecule has 0 bridgehead atoms. The van der Waals surface area contributed by atoms with Gasteiger partial charge in [-0.3, -0.25) is 0 Å². The summed E-state index contributed by atoms with van der Waals surface area (Å²) in [5.74, 6) is 2.43. The Labute approximate surface area is 145 Å². The highest BCUT2D eigenvalue weighted by molar-refractivity contribution is 5.71. The summed E-state index contributed by atoms with van der Waals surface area (Å²) in [6, 6.07) is 6.05. The number of nitriles is 1. The van der Waals surface area contributed by atoms with E-state index in [1.165, 1.54) is 0 Å². The molecule has 7 heteroatoms. The Hall–Kier alpha value is -3.14. The highest BCUT2D eigenvalue weighted by Gasteiger charge is 2.24. The van der Waals surface area contributed by atoms with Crippen LogP contribution in [-0.2, 0) is 0 Å². The van der Waals surface area contributed by atoms with Crippen LogP contribution in [0.2, 0.25) is 0 Å². The van der Waals surface area contributed by atoms with E-state index in [0.717, 1.165) is 18.4 Å². The van der Waals surface area contributed by atoms with Crippen molar-refractivity contribution >= 4 is 18.0 Å². The van der Waals surface area contributed by atoms with E-state index < -0.39 is 0 Å². The fourth-order valence-electron chi connectivity index (χ4n) is 2.36. The van der Waals surface area contributed by atoms with Gasteiger partial charge in [0.1, 0.15) is 6.07 Å². The molecule has 1 aromatic carbocycles. The lowest BCUT2D eigenvalue weighted by atomic mass is 10.1. The lowest BCUT2D eigenvalue weighted by Crippen LogP contribution is -2.00. The van der Waals surface area contributed by atoms with Crippen molar-refractivity contribution in [2.24, 2.45) is 0 Å². The molecule has 1 fully saturated rings. The normalized spacial score (nSPS) is 13.5. The number of nitrogens with zero attached hydrogens (tertiary/aromatic N) is 2. The predicted molar refractivity (Wildman–Crippen MR) is 92.9 cm³/mol. The summed E-state index contributed by atoms with van der Waals surface area (Å²) in [6.45, 7) is 0. The van der Waals surface area contributed by atoms with Crippen molar-refractivity contribution in [1.29, 1.82) is 5.26 Å². The molecule has 0 spiro atoms. The molecule has 1 saturated carbocycles. The third-order valence-electron chi connectivity index (χ3n) is 3.77. The molecule has 3 rings (SSSR count). The van der Waals surface area contributed by atoms with E-state index in [-0.39, 0.29) is 5.69 Å². The zero-order valence-corrected chi connectivity index (χ0v) is 14.3. The quantitative estimate of drug-likeness (QED) is 0.826. The SMILES string of the molecule is COc1cc(/C=C/c2nc(C#N)c(NC3CC3)o2)cc(OC)c1OC. The first-order chi connectivity index (χ1) is 12.2. The molecule has 25 heavy (non-hydrogen) atoms. The third-order valence-corrected chi connectivity index (χ3v) is 3.77. The minimum Gasteiger partial charge on any atom is -0.493 e. The van der Waals surface area contributed by atoms with Gasteiger partial charge in [-0.2, -0.15) is 10.2 Å². The van der Waals surface area contributed by atoms with Gasteiger partial charge in [-0.05, 0) is 36.6 Å². The molecule has 0 atom stereocenters. The summed E-state index contributed by atoms with van der Waals surface area (Å²) in [5.41, 5.74) is 1.08. The van der Waals surface area contributed by atoms with Crippen LogP contribution in [0.25, 0.3) is 12.2 Å². The Bertz CT molecular complexity index is 806. The van der Waals surface area contributed by atoms with Crippen LogP contribution in [0.4, 0.5) is 5.88 Å². The van der Waals surface area contributed by atoms with E-state index >= 15 is 0 Å². The molecular weight excluding hydrogens is 322 g/mol. The molecule has 130 valence electrons. The molecule has 1 N–H and O–H groups in total. The van der Waals surface area contributed by atoms with E-state index in [9.17, 15) is 0 Å². The molecule has 0 radical (unpaired) electrons. The molecule has 1 aromatic heterocycles. The number of oxazole rings is 1. The zero-order chi connectivity index (χ0) is 17.8. The van der Waals surface area contributed by atoms with Gasteiger partial charge in [0.15, 0.2) is 11.5 Å². The minimum absolute atomic E-state index is 0.261. The van der Waals surface area contributed by atoms with Gasteiger partial charge in [-0.15, -0.1) is 0 Å². The topological polar surface area (TPSA) is 89.5 Å². The van der Waals surface area contributed by atoms with Crippen molar-refractivity contribution in [3.8, 4) is 23.3 Å². The van der Waals surface area contributed by atoms with E-state index in [1.807, 2.05) is 18.2 Å². The first-order valence-electron chi connectivity index (χ1n) is 7.84. The number of methoxy groups -OCH3 is 3. The maximum absolute atomic E-state index is 9.16. The highest BCUT2D eigenvalue weighted by atomic mass is 16.5. The molecule has 7 nitrogen and oxygen atoms in total. The number of hydrogen-bond donors (Lipinski definition) is 1. The Morgan fingerprint density at radius 2 is 1.84 bits per heavy atom. The van der Waals surface area contributed by atoms with Crippen LogP contribution in [0.5, 0.6) is 17.2 Å². The molecule has 1 aliphatic rings. The van der Waals surface area contributed by atoms with Crippen LogP contribution in [0, 0.1) is 11.3 Å². The van der Waals surface area contributed by atoms with Gasteiger partial charge in [0, 0.05) is 12.1 Å². The molecule has 0 amide bonds. The maximum Gasteiger partial charge on any atom is 0.232 e. The second kappa shape index (κ2) is 7.18. The first-order valence-corrected chi connectivity index (χ1v) is 7.84. The van der Waals surface area contributed by atoms with Crippen LogP contribution in [0.3, 0.4) is 0 Å². The summed E-state index contributed by atoms with van der Waals surface area (Å²) in [7, 11) is 4.68. The molecule has 1 heterocycles. The summed E-state index contributed by atoms with van der Waals surface area (Å²) in [4.78, 5) is 4.18. The first kappa shape index (κ1) is 16.7. The molecule has 0 aliphatic heterocycles. The van der Waals surface area contributed by atoms with Gasteiger partial charge < -0.3 is 23.9 Å². The Balaban J connectivity index is 1.86. The molecule has 0 saturated heterocycles. The van der Waals surface area contributed by atoms with E-state index in [0.29, 0.717) is 35.1 Å². The van der Waals surface area contributed by atoms with Crippen LogP contribution in [0.1, 0.15) is 30.0 Å². The number of nitrogens with one attached hydrogen (secondary N) is 1. The molecule has 2 aromatic rings. The van der Waals surface area contributed by atoms with Gasteiger partial charge in [-0.1, -0.05) is 0 Å². The van der Waals surface area contributed by atoms with Crippen LogP contribution in [0.15, 0.2) is 16.5 Å². The monoisotopic (exact) mass is 341 g/mol. The van der Waals surface area contributed by atoms with Crippen molar-refractivity contribution < 1.29 is 18.6 Å². The van der Waals surface area contributed by atoms with Crippen molar-refractivity contribution in [3.05, 3.63) is 29.3 Å². The Morgan fingerprint density at radius 1 is 1.16 bits per heavy atom. The van der Waals surface area contributed by atoms with Crippen LogP contribution in [-0.4, -0.2) is 32.4 Å². The van der Waals surface area contributed by atoms with E-state index in [1.54, 1.807) is 33.5 Å². The van der Waals surface area contributed by atoms with Gasteiger partial charge in [-0.25, -0.2) is 0 Å². The lowest BCUT2D eigenvalue weighted by Gasteiger charge is -2.12. The summed E-state index contributed by atoms with van der Waals surface area (Å²) >= 11 is 0. The summed E-state index contributed by atoms with van der Waals surface area (Å²) in [5, 5.41) is 12.3. The van der Waals surface area contributed by atoms with Crippen molar-refractivity contribution in [3.63, 3.8) is 0 Å². The lowest BCUT2D eigenvalue weighted by molar-refractivity contribution is 0.324. The van der Waals surface area contributed by atoms with Crippen molar-refractivity contribution in [2.75, 3.05) is 26.6 Å². The van der Waals surface area contributed by atoms with E-state index in [2.05, 4.69) is 10.3 Å². The number of ether oxygens (including phenoxy) is 3. The number of aromatic nitrogens is 1. The third kappa shape index (κ3) is 3.69.